The molecule has 1 atom stereocenters. The van der Waals surface area contributed by atoms with Crippen molar-refractivity contribution in [2.75, 3.05) is 11.5 Å². The highest BCUT2D eigenvalue weighted by Gasteiger charge is 2.18. The Bertz CT molecular complexity index is 274. The van der Waals surface area contributed by atoms with Crippen molar-refractivity contribution in [1.82, 2.24) is 10.2 Å². The first-order valence-corrected chi connectivity index (χ1v) is 5.87. The lowest BCUT2D eigenvalue weighted by molar-refractivity contribution is 0.727. The fourth-order valence-corrected chi connectivity index (χ4v) is 2.89. The molecule has 0 N–H and O–H groups in total. The van der Waals surface area contributed by atoms with E-state index >= 15 is 0 Å². The van der Waals surface area contributed by atoms with Gasteiger partial charge in [-0.05, 0) is 34.2 Å². The molecule has 0 saturated carbocycles. The lowest BCUT2D eigenvalue weighted by atomic mass is 10.1. The Morgan fingerprint density at radius 3 is 3.17 bits per heavy atom. The van der Waals surface area contributed by atoms with Gasteiger partial charge in [-0.2, -0.15) is 22.0 Å². The van der Waals surface area contributed by atoms with E-state index in [0.29, 0.717) is 5.92 Å². The van der Waals surface area contributed by atoms with Crippen molar-refractivity contribution in [3.63, 3.8) is 0 Å². The van der Waals surface area contributed by atoms with E-state index in [1.54, 1.807) is 6.20 Å². The average molecular weight is 245 g/mol. The molecule has 2 rings (SSSR count). The zero-order valence-corrected chi connectivity index (χ0v) is 8.94. The van der Waals surface area contributed by atoms with Crippen LogP contribution in [0.1, 0.15) is 18.0 Å². The molecule has 0 aliphatic carbocycles. The van der Waals surface area contributed by atoms with Crippen molar-refractivity contribution in [2.45, 2.75) is 12.3 Å². The Morgan fingerprint density at radius 2 is 2.50 bits per heavy atom. The molecule has 4 heteroatoms. The number of halogens is 1. The fourth-order valence-electron chi connectivity index (χ4n) is 1.33. The number of thioether (sulfide) groups is 1. The number of nitrogens with zero attached hydrogens (tertiary/aromatic N) is 2. The van der Waals surface area contributed by atoms with Gasteiger partial charge >= 0.3 is 0 Å². The Morgan fingerprint density at radius 1 is 1.58 bits per heavy atom. The number of aromatic nitrogens is 2. The van der Waals surface area contributed by atoms with Crippen molar-refractivity contribution < 1.29 is 0 Å². The van der Waals surface area contributed by atoms with Crippen molar-refractivity contribution in [3.8, 4) is 0 Å². The maximum absolute atomic E-state index is 4.13. The molecule has 2 heterocycles. The van der Waals surface area contributed by atoms with Gasteiger partial charge in [-0.25, -0.2) is 0 Å². The monoisotopic (exact) mass is 244 g/mol. The van der Waals surface area contributed by atoms with E-state index in [4.69, 9.17) is 0 Å². The molecule has 0 bridgehead atoms. The fraction of sp³-hybridized carbons (Fsp3) is 0.500. The molecule has 1 unspecified atom stereocenters. The summed E-state index contributed by atoms with van der Waals surface area (Å²) < 4.78 is 1.03. The van der Waals surface area contributed by atoms with Crippen molar-refractivity contribution in [3.05, 3.63) is 22.4 Å². The van der Waals surface area contributed by atoms with Crippen molar-refractivity contribution in [2.24, 2.45) is 0 Å². The topological polar surface area (TPSA) is 25.8 Å². The number of hydrogen-bond donors (Lipinski definition) is 0. The van der Waals surface area contributed by atoms with Crippen LogP contribution in [0.2, 0.25) is 0 Å². The van der Waals surface area contributed by atoms with Crippen molar-refractivity contribution in [1.29, 1.82) is 0 Å². The van der Waals surface area contributed by atoms with Gasteiger partial charge in [0.05, 0.1) is 11.9 Å². The largest absolute Gasteiger partial charge is 0.161 e. The Balaban J connectivity index is 2.21. The SMILES string of the molecule is Brc1cnnc(C2CCSC2)c1. The summed E-state index contributed by atoms with van der Waals surface area (Å²) >= 11 is 5.40. The van der Waals surface area contributed by atoms with E-state index in [2.05, 4.69) is 32.2 Å². The highest BCUT2D eigenvalue weighted by Crippen LogP contribution is 2.31. The molecule has 64 valence electrons. The molecular weight excluding hydrogens is 236 g/mol. The van der Waals surface area contributed by atoms with Crippen LogP contribution in [-0.4, -0.2) is 21.7 Å². The quantitative estimate of drug-likeness (QED) is 0.760. The standard InChI is InChI=1S/C8H9BrN2S/c9-7-3-8(11-10-4-7)6-1-2-12-5-6/h3-4,6H,1-2,5H2. The lowest BCUT2D eigenvalue weighted by Crippen LogP contribution is -2.00. The van der Waals surface area contributed by atoms with Gasteiger partial charge in [0.25, 0.3) is 0 Å². The molecule has 2 nitrogen and oxygen atoms in total. The normalized spacial score (nSPS) is 22.9. The molecule has 12 heavy (non-hydrogen) atoms. The van der Waals surface area contributed by atoms with Crippen LogP contribution in [0.25, 0.3) is 0 Å². The van der Waals surface area contributed by atoms with E-state index in [1.165, 1.54) is 17.9 Å². The third-order valence-electron chi connectivity index (χ3n) is 1.99. The van der Waals surface area contributed by atoms with Gasteiger partial charge in [0.1, 0.15) is 0 Å². The van der Waals surface area contributed by atoms with Gasteiger partial charge in [-0.3, -0.25) is 0 Å². The van der Waals surface area contributed by atoms with Crippen LogP contribution in [0.4, 0.5) is 0 Å². The van der Waals surface area contributed by atoms with E-state index < -0.39 is 0 Å². The van der Waals surface area contributed by atoms with E-state index in [9.17, 15) is 0 Å². The summed E-state index contributed by atoms with van der Waals surface area (Å²) in [7, 11) is 0. The van der Waals surface area contributed by atoms with Gasteiger partial charge in [-0.15, -0.1) is 0 Å². The van der Waals surface area contributed by atoms with Gasteiger partial charge in [0.2, 0.25) is 0 Å². The molecule has 0 amide bonds. The van der Waals surface area contributed by atoms with E-state index in [-0.39, 0.29) is 0 Å². The first-order valence-electron chi connectivity index (χ1n) is 3.92. The molecular formula is C8H9BrN2S. The summed E-state index contributed by atoms with van der Waals surface area (Å²) in [5, 5.41) is 8.05. The number of hydrogen-bond acceptors (Lipinski definition) is 3. The highest BCUT2D eigenvalue weighted by molar-refractivity contribution is 9.10. The van der Waals surface area contributed by atoms with Crippen molar-refractivity contribution >= 4 is 27.7 Å². The summed E-state index contributed by atoms with van der Waals surface area (Å²) in [5.74, 6) is 3.09. The highest BCUT2D eigenvalue weighted by atomic mass is 79.9. The summed E-state index contributed by atoms with van der Waals surface area (Å²) in [5.41, 5.74) is 1.13. The Kier molecular flexibility index (Phi) is 2.66. The molecule has 1 aliphatic rings. The second-order valence-corrected chi connectivity index (χ2v) is 4.92. The third kappa shape index (κ3) is 1.80. The molecule has 0 spiro atoms. The zero-order valence-electron chi connectivity index (χ0n) is 6.53. The lowest BCUT2D eigenvalue weighted by Gasteiger charge is -2.05. The summed E-state index contributed by atoms with van der Waals surface area (Å²) in [4.78, 5) is 0. The van der Waals surface area contributed by atoms with E-state index in [1.807, 2.05) is 11.8 Å². The first kappa shape index (κ1) is 8.51. The van der Waals surface area contributed by atoms with Crippen LogP contribution < -0.4 is 0 Å². The minimum absolute atomic E-state index is 0.625. The Hall–Kier alpha value is -0.0900. The third-order valence-corrected chi connectivity index (χ3v) is 3.58. The van der Waals surface area contributed by atoms with Crippen LogP contribution in [0, 0.1) is 0 Å². The smallest absolute Gasteiger partial charge is 0.0681 e. The predicted molar refractivity (Wildman–Crippen MR) is 54.4 cm³/mol. The van der Waals surface area contributed by atoms with Gasteiger partial charge in [-0.1, -0.05) is 0 Å². The predicted octanol–water partition coefficient (Wildman–Crippen LogP) is 2.46. The molecule has 1 fully saturated rings. The Labute approximate surface area is 84.3 Å². The second kappa shape index (κ2) is 3.75. The van der Waals surface area contributed by atoms with Crippen LogP contribution in [0.15, 0.2) is 16.7 Å². The minimum atomic E-state index is 0.625. The first-order chi connectivity index (χ1) is 5.86. The molecule has 1 saturated heterocycles. The van der Waals surface area contributed by atoms with Crippen LogP contribution in [0.5, 0.6) is 0 Å². The van der Waals surface area contributed by atoms with Crippen LogP contribution in [-0.2, 0) is 0 Å². The number of rotatable bonds is 1. The average Bonchev–Trinajstić information content (AvgIpc) is 2.56. The minimum Gasteiger partial charge on any atom is -0.161 e. The zero-order chi connectivity index (χ0) is 8.39. The molecule has 1 aromatic rings. The van der Waals surface area contributed by atoms with Crippen LogP contribution in [0.3, 0.4) is 0 Å². The van der Waals surface area contributed by atoms with Gasteiger partial charge < -0.3 is 0 Å². The van der Waals surface area contributed by atoms with Gasteiger partial charge in [0.15, 0.2) is 0 Å². The molecule has 1 aromatic heterocycles. The molecule has 0 aromatic carbocycles. The second-order valence-electron chi connectivity index (χ2n) is 2.86. The molecule has 1 aliphatic heterocycles. The molecule has 0 radical (unpaired) electrons. The summed E-state index contributed by atoms with van der Waals surface area (Å²) in [6, 6.07) is 2.07. The maximum Gasteiger partial charge on any atom is 0.0681 e. The van der Waals surface area contributed by atoms with E-state index in [0.717, 1.165) is 10.2 Å². The maximum atomic E-state index is 4.13. The van der Waals surface area contributed by atoms with Gasteiger partial charge in [0, 0.05) is 16.1 Å². The van der Waals surface area contributed by atoms with Crippen LogP contribution >= 0.6 is 27.7 Å². The summed E-state index contributed by atoms with van der Waals surface area (Å²) in [6.07, 6.45) is 2.97. The summed E-state index contributed by atoms with van der Waals surface area (Å²) in [6.45, 7) is 0.